The van der Waals surface area contributed by atoms with E-state index in [0.717, 1.165) is 0 Å². The van der Waals surface area contributed by atoms with Crippen LogP contribution in [-0.4, -0.2) is 21.6 Å². The average molecular weight is 221 g/mol. The summed E-state index contributed by atoms with van der Waals surface area (Å²) in [5.74, 6) is 0.655. The van der Waals surface area contributed by atoms with Gasteiger partial charge in [0.1, 0.15) is 0 Å². The molecule has 0 fully saturated rings. The zero-order valence-corrected chi connectivity index (χ0v) is 11.2. The monoisotopic (exact) mass is 221 g/mol. The van der Waals surface area contributed by atoms with Crippen molar-refractivity contribution >= 4 is 8.80 Å². The molecule has 2 unspecified atom stereocenters. The van der Waals surface area contributed by atoms with E-state index in [9.17, 15) is 0 Å². The van der Waals surface area contributed by atoms with E-state index >= 15 is 0 Å². The molecule has 0 saturated carbocycles. The number of methoxy groups -OCH3 is 1. The Morgan fingerprint density at radius 3 is 2.33 bits per heavy atom. The van der Waals surface area contributed by atoms with Crippen molar-refractivity contribution in [3.8, 4) is 0 Å². The molecule has 1 rings (SSSR count). The molecule has 0 aliphatic carbocycles. The van der Waals surface area contributed by atoms with Gasteiger partial charge in [0.2, 0.25) is 0 Å². The molecule has 0 aliphatic heterocycles. The lowest BCUT2D eigenvalue weighted by atomic mass is 10.0. The summed E-state index contributed by atoms with van der Waals surface area (Å²) < 4.78 is 5.39. The van der Waals surface area contributed by atoms with E-state index in [1.807, 2.05) is 7.11 Å². The van der Waals surface area contributed by atoms with Crippen molar-refractivity contribution in [2.24, 2.45) is 0 Å². The number of hydrogen-bond donors (Lipinski definition) is 0. The van der Waals surface area contributed by atoms with Crippen LogP contribution in [0.1, 0.15) is 25.3 Å². The van der Waals surface area contributed by atoms with Gasteiger partial charge in [-0.1, -0.05) is 37.3 Å². The van der Waals surface area contributed by atoms with Crippen LogP contribution in [0.2, 0.25) is 12.6 Å². The summed E-state index contributed by atoms with van der Waals surface area (Å²) in [5.41, 5.74) is 1.89. The van der Waals surface area contributed by atoms with E-state index in [4.69, 9.17) is 4.74 Å². The molecule has 15 heavy (non-hydrogen) atoms. The molecular formula is C13H21OSi+. The minimum Gasteiger partial charge on any atom is -0.352 e. The van der Waals surface area contributed by atoms with Crippen molar-refractivity contribution in [3.05, 3.63) is 35.9 Å². The van der Waals surface area contributed by atoms with Crippen molar-refractivity contribution in [3.63, 3.8) is 0 Å². The van der Waals surface area contributed by atoms with Gasteiger partial charge < -0.3 is 4.74 Å². The first kappa shape index (κ1) is 12.5. The highest BCUT2D eigenvalue weighted by Crippen LogP contribution is 2.22. The van der Waals surface area contributed by atoms with Gasteiger partial charge in [-0.05, 0) is 12.5 Å². The molecule has 0 bridgehead atoms. The summed E-state index contributed by atoms with van der Waals surface area (Å²) in [5, 5.41) is 0. The van der Waals surface area contributed by atoms with E-state index in [0.29, 0.717) is 11.6 Å². The van der Waals surface area contributed by atoms with Gasteiger partial charge in [0.25, 0.3) is 0 Å². The molecule has 0 aromatic heterocycles. The third kappa shape index (κ3) is 3.80. The largest absolute Gasteiger partial charge is 0.352 e. The Morgan fingerprint density at radius 2 is 1.80 bits per heavy atom. The van der Waals surface area contributed by atoms with Crippen LogP contribution < -0.4 is 0 Å². The lowest BCUT2D eigenvalue weighted by Crippen LogP contribution is -2.27. The lowest BCUT2D eigenvalue weighted by Gasteiger charge is -2.11. The molecule has 2 atom stereocenters. The Bertz CT molecular complexity index is 273. The normalized spacial score (nSPS) is 14.7. The second-order valence-corrected chi connectivity index (χ2v) is 7.15. The van der Waals surface area contributed by atoms with Crippen LogP contribution in [0.3, 0.4) is 0 Å². The summed E-state index contributed by atoms with van der Waals surface area (Å²) in [4.78, 5) is 0. The Balaban J connectivity index is 2.52. The van der Waals surface area contributed by atoms with Crippen LogP contribution in [0.4, 0.5) is 0 Å². The number of benzene rings is 1. The maximum absolute atomic E-state index is 5.39. The third-order valence-corrected chi connectivity index (χ3v) is 5.92. The standard InChI is InChI=1S/C13H21OSi/c1-11(10-15(4)12(2)14-3)13-8-6-5-7-9-13/h5-9,11-12H,10H2,1-4H3/q+1. The molecule has 0 amide bonds. The van der Waals surface area contributed by atoms with Crippen molar-refractivity contribution in [1.29, 1.82) is 0 Å². The summed E-state index contributed by atoms with van der Waals surface area (Å²) in [6.45, 7) is 6.86. The molecule has 0 saturated heterocycles. The quantitative estimate of drug-likeness (QED) is 0.692. The van der Waals surface area contributed by atoms with Crippen LogP contribution in [0, 0.1) is 0 Å². The van der Waals surface area contributed by atoms with E-state index in [1.165, 1.54) is 11.6 Å². The molecular weight excluding hydrogens is 200 g/mol. The van der Waals surface area contributed by atoms with Crippen molar-refractivity contribution in [2.45, 2.75) is 38.1 Å². The fourth-order valence-corrected chi connectivity index (χ4v) is 3.69. The molecule has 1 aromatic carbocycles. The Morgan fingerprint density at radius 1 is 1.20 bits per heavy atom. The fourth-order valence-electron chi connectivity index (χ4n) is 1.75. The number of ether oxygens (including phenoxy) is 1. The predicted molar refractivity (Wildman–Crippen MR) is 67.8 cm³/mol. The van der Waals surface area contributed by atoms with Crippen molar-refractivity contribution in [1.82, 2.24) is 0 Å². The van der Waals surface area contributed by atoms with Crippen molar-refractivity contribution in [2.75, 3.05) is 7.11 Å². The summed E-state index contributed by atoms with van der Waals surface area (Å²) in [6.07, 6.45) is 0. The van der Waals surface area contributed by atoms with Gasteiger partial charge in [0.15, 0.2) is 5.73 Å². The second-order valence-electron chi connectivity index (χ2n) is 4.24. The third-order valence-electron chi connectivity index (χ3n) is 3.04. The molecule has 0 heterocycles. The van der Waals surface area contributed by atoms with Gasteiger partial charge >= 0.3 is 8.80 Å². The Labute approximate surface area is 95.1 Å². The highest BCUT2D eigenvalue weighted by Gasteiger charge is 2.30. The van der Waals surface area contributed by atoms with E-state index in [1.54, 1.807) is 0 Å². The number of hydrogen-bond acceptors (Lipinski definition) is 1. The van der Waals surface area contributed by atoms with Crippen LogP contribution >= 0.6 is 0 Å². The first-order chi connectivity index (χ1) is 7.15. The maximum Gasteiger partial charge on any atom is 0.344 e. The SMILES string of the molecule is COC(C)[Si+](C)CC(C)c1ccccc1. The van der Waals surface area contributed by atoms with Crippen molar-refractivity contribution < 1.29 is 4.74 Å². The topological polar surface area (TPSA) is 9.23 Å². The molecule has 1 nitrogen and oxygen atoms in total. The highest BCUT2D eigenvalue weighted by atomic mass is 28.3. The molecule has 0 aliphatic rings. The van der Waals surface area contributed by atoms with Crippen LogP contribution in [0.15, 0.2) is 30.3 Å². The maximum atomic E-state index is 5.39. The second kappa shape index (κ2) is 6.08. The van der Waals surface area contributed by atoms with E-state index in [-0.39, 0.29) is 8.80 Å². The minimum absolute atomic E-state index is 0.387. The zero-order valence-electron chi connectivity index (χ0n) is 10.2. The van der Waals surface area contributed by atoms with Crippen LogP contribution in [0.5, 0.6) is 0 Å². The summed E-state index contributed by atoms with van der Waals surface area (Å²) in [7, 11) is 1.42. The van der Waals surface area contributed by atoms with Gasteiger partial charge in [0.05, 0.1) is 12.6 Å². The molecule has 82 valence electrons. The lowest BCUT2D eigenvalue weighted by molar-refractivity contribution is 0.175. The van der Waals surface area contributed by atoms with E-state index < -0.39 is 0 Å². The van der Waals surface area contributed by atoms with E-state index in [2.05, 4.69) is 50.7 Å². The fraction of sp³-hybridized carbons (Fsp3) is 0.538. The van der Waals surface area contributed by atoms with Crippen LogP contribution in [0.25, 0.3) is 0 Å². The summed E-state index contributed by atoms with van der Waals surface area (Å²) >= 11 is 0. The Kier molecular flexibility index (Phi) is 5.06. The van der Waals surface area contributed by atoms with Crippen LogP contribution in [-0.2, 0) is 4.74 Å². The van der Waals surface area contributed by atoms with Gasteiger partial charge in [-0.3, -0.25) is 0 Å². The van der Waals surface area contributed by atoms with Gasteiger partial charge in [-0.25, -0.2) is 0 Å². The van der Waals surface area contributed by atoms with Gasteiger partial charge in [-0.2, -0.15) is 0 Å². The van der Waals surface area contributed by atoms with Gasteiger partial charge in [-0.15, -0.1) is 0 Å². The molecule has 0 N–H and O–H groups in total. The molecule has 0 spiro atoms. The first-order valence-electron chi connectivity index (χ1n) is 5.55. The average Bonchev–Trinajstić information content (AvgIpc) is 2.29. The molecule has 1 aromatic rings. The Hall–Kier alpha value is -0.603. The summed E-state index contributed by atoms with van der Waals surface area (Å²) in [6, 6.07) is 12.0. The van der Waals surface area contributed by atoms with Gasteiger partial charge in [0, 0.05) is 13.0 Å². The smallest absolute Gasteiger partial charge is 0.344 e. The first-order valence-corrected chi connectivity index (χ1v) is 7.83. The molecule has 2 heteroatoms. The molecule has 0 radical (unpaired) electrons. The zero-order chi connectivity index (χ0) is 11.3. The minimum atomic E-state index is -0.387. The predicted octanol–water partition coefficient (Wildman–Crippen LogP) is 3.49. The number of rotatable bonds is 5. The highest BCUT2D eigenvalue weighted by molar-refractivity contribution is 6.58.